The summed E-state index contributed by atoms with van der Waals surface area (Å²) in [6.07, 6.45) is 9.41. The maximum Gasteiger partial charge on any atom is 0.158 e. The summed E-state index contributed by atoms with van der Waals surface area (Å²) in [6, 6.07) is 2.47. The third kappa shape index (κ3) is 3.15. The Labute approximate surface area is 99.9 Å². The summed E-state index contributed by atoms with van der Waals surface area (Å²) >= 11 is 0. The summed E-state index contributed by atoms with van der Waals surface area (Å²) in [6.45, 7) is 0.537. The Morgan fingerprint density at radius 1 is 1.24 bits per heavy atom. The zero-order valence-corrected chi connectivity index (χ0v) is 9.14. The van der Waals surface area contributed by atoms with Crippen molar-refractivity contribution in [3.63, 3.8) is 0 Å². The first-order valence-electron chi connectivity index (χ1n) is 4.95. The van der Waals surface area contributed by atoms with E-state index in [1.807, 2.05) is 0 Å². The summed E-state index contributed by atoms with van der Waals surface area (Å²) in [7, 11) is 0. The highest BCUT2D eigenvalue weighted by molar-refractivity contribution is 5.52. The minimum Gasteiger partial charge on any atom is -0.504 e. The molecule has 0 aromatic heterocycles. The average Bonchev–Trinajstić information content (AvgIpc) is 2.32. The number of phenols is 2. The highest BCUT2D eigenvalue weighted by Gasteiger charge is 2.14. The van der Waals surface area contributed by atoms with Crippen molar-refractivity contribution in [2.24, 2.45) is 0 Å². The van der Waals surface area contributed by atoms with Crippen LogP contribution in [0.1, 0.15) is 17.2 Å². The lowest BCUT2D eigenvalue weighted by molar-refractivity contribution is 0.175. The molecule has 1 aromatic rings. The van der Waals surface area contributed by atoms with E-state index in [1.54, 1.807) is 0 Å². The average molecular weight is 231 g/mol. The SMILES string of the molecule is C#CCNCC(O)c1cc(O)c(O)cc1C#C. The predicted octanol–water partition coefficient (Wildman–Crippen LogP) is 0.335. The van der Waals surface area contributed by atoms with Crippen molar-refractivity contribution in [1.82, 2.24) is 5.32 Å². The molecule has 0 aliphatic rings. The number of aromatic hydroxyl groups is 2. The molecule has 4 heteroatoms. The maximum absolute atomic E-state index is 9.86. The number of hydrogen-bond donors (Lipinski definition) is 4. The molecule has 0 saturated carbocycles. The number of phenolic OH excluding ortho intramolecular Hbond substituents is 2. The van der Waals surface area contributed by atoms with Crippen LogP contribution in [0.4, 0.5) is 0 Å². The second-order valence-corrected chi connectivity index (χ2v) is 3.42. The topological polar surface area (TPSA) is 72.7 Å². The van der Waals surface area contributed by atoms with Gasteiger partial charge in [-0.1, -0.05) is 11.8 Å². The van der Waals surface area contributed by atoms with Crippen LogP contribution < -0.4 is 5.32 Å². The molecule has 0 radical (unpaired) electrons. The quantitative estimate of drug-likeness (QED) is 0.342. The van der Waals surface area contributed by atoms with Gasteiger partial charge in [-0.25, -0.2) is 0 Å². The largest absolute Gasteiger partial charge is 0.504 e. The molecule has 0 aliphatic heterocycles. The molecule has 4 nitrogen and oxygen atoms in total. The number of aliphatic hydroxyl groups is 1. The van der Waals surface area contributed by atoms with E-state index < -0.39 is 6.10 Å². The summed E-state index contributed by atoms with van der Waals surface area (Å²) < 4.78 is 0. The van der Waals surface area contributed by atoms with Crippen molar-refractivity contribution >= 4 is 0 Å². The van der Waals surface area contributed by atoms with Gasteiger partial charge in [-0.3, -0.25) is 0 Å². The lowest BCUT2D eigenvalue weighted by Crippen LogP contribution is -2.22. The van der Waals surface area contributed by atoms with Gasteiger partial charge in [0.05, 0.1) is 12.6 Å². The van der Waals surface area contributed by atoms with Crippen molar-refractivity contribution in [2.75, 3.05) is 13.1 Å². The Balaban J connectivity index is 2.93. The van der Waals surface area contributed by atoms with Crippen molar-refractivity contribution in [3.8, 4) is 36.2 Å². The molecule has 0 fully saturated rings. The molecular formula is C13H13NO3. The van der Waals surface area contributed by atoms with Gasteiger partial charge < -0.3 is 20.6 Å². The number of terminal acetylenes is 2. The number of aliphatic hydroxyl groups excluding tert-OH is 1. The highest BCUT2D eigenvalue weighted by Crippen LogP contribution is 2.30. The van der Waals surface area contributed by atoms with Crippen LogP contribution in [0.2, 0.25) is 0 Å². The molecule has 0 heterocycles. The standard InChI is InChI=1S/C13H13NO3/c1-3-5-14-8-13(17)10-7-12(16)11(15)6-9(10)4-2/h1-2,6-7,13-17H,5,8H2. The molecule has 0 saturated heterocycles. The van der Waals surface area contributed by atoms with E-state index >= 15 is 0 Å². The van der Waals surface area contributed by atoms with Gasteiger partial charge in [-0.2, -0.15) is 0 Å². The van der Waals surface area contributed by atoms with E-state index in [0.717, 1.165) is 0 Å². The van der Waals surface area contributed by atoms with E-state index in [9.17, 15) is 15.3 Å². The zero-order chi connectivity index (χ0) is 12.8. The Kier molecular flexibility index (Phi) is 4.42. The van der Waals surface area contributed by atoms with Crippen molar-refractivity contribution in [3.05, 3.63) is 23.3 Å². The minimum absolute atomic E-state index is 0.211. The summed E-state index contributed by atoms with van der Waals surface area (Å²) in [5, 5.41) is 31.3. The molecule has 1 atom stereocenters. The number of hydrogen-bond acceptors (Lipinski definition) is 4. The number of benzene rings is 1. The maximum atomic E-state index is 9.86. The molecule has 1 rings (SSSR count). The van der Waals surface area contributed by atoms with E-state index in [2.05, 4.69) is 17.2 Å². The number of nitrogens with one attached hydrogen (secondary N) is 1. The Morgan fingerprint density at radius 2 is 1.88 bits per heavy atom. The zero-order valence-electron chi connectivity index (χ0n) is 9.14. The van der Waals surface area contributed by atoms with Gasteiger partial charge in [0.15, 0.2) is 11.5 Å². The van der Waals surface area contributed by atoms with Crippen LogP contribution in [0.3, 0.4) is 0 Å². The molecule has 1 aromatic carbocycles. The van der Waals surface area contributed by atoms with Crippen LogP contribution in [0.25, 0.3) is 0 Å². The summed E-state index contributed by atoms with van der Waals surface area (Å²) in [5.74, 6) is 4.07. The summed E-state index contributed by atoms with van der Waals surface area (Å²) in [4.78, 5) is 0. The molecule has 88 valence electrons. The predicted molar refractivity (Wildman–Crippen MR) is 64.4 cm³/mol. The molecule has 0 spiro atoms. The Hall–Kier alpha value is -2.14. The van der Waals surface area contributed by atoms with E-state index in [0.29, 0.717) is 17.7 Å². The fourth-order valence-corrected chi connectivity index (χ4v) is 1.38. The van der Waals surface area contributed by atoms with Crippen LogP contribution in [-0.2, 0) is 0 Å². The van der Waals surface area contributed by atoms with Crippen LogP contribution in [0.5, 0.6) is 11.5 Å². The smallest absolute Gasteiger partial charge is 0.158 e. The Morgan fingerprint density at radius 3 is 2.47 bits per heavy atom. The van der Waals surface area contributed by atoms with Gasteiger partial charge in [-0.05, 0) is 12.1 Å². The monoisotopic (exact) mass is 231 g/mol. The van der Waals surface area contributed by atoms with Gasteiger partial charge in [0.2, 0.25) is 0 Å². The van der Waals surface area contributed by atoms with Gasteiger partial charge in [0.25, 0.3) is 0 Å². The van der Waals surface area contributed by atoms with Gasteiger partial charge in [0.1, 0.15) is 0 Å². The van der Waals surface area contributed by atoms with Crippen LogP contribution in [0.15, 0.2) is 12.1 Å². The third-order valence-electron chi connectivity index (χ3n) is 2.23. The highest BCUT2D eigenvalue weighted by atomic mass is 16.3. The number of rotatable bonds is 4. The molecule has 17 heavy (non-hydrogen) atoms. The fourth-order valence-electron chi connectivity index (χ4n) is 1.38. The fraction of sp³-hybridized carbons (Fsp3) is 0.231. The van der Waals surface area contributed by atoms with Gasteiger partial charge in [-0.15, -0.1) is 12.8 Å². The van der Waals surface area contributed by atoms with Crippen molar-refractivity contribution in [2.45, 2.75) is 6.10 Å². The molecule has 0 aliphatic carbocycles. The lowest BCUT2D eigenvalue weighted by atomic mass is 10.0. The van der Waals surface area contributed by atoms with E-state index in [-0.39, 0.29) is 18.0 Å². The Bertz CT molecular complexity index is 483. The first-order valence-corrected chi connectivity index (χ1v) is 4.95. The molecule has 0 amide bonds. The summed E-state index contributed by atoms with van der Waals surface area (Å²) in [5.41, 5.74) is 0.697. The van der Waals surface area contributed by atoms with Gasteiger partial charge in [0, 0.05) is 17.7 Å². The molecule has 1 unspecified atom stereocenters. The molecule has 0 bridgehead atoms. The first-order chi connectivity index (χ1) is 8.10. The van der Waals surface area contributed by atoms with Crippen LogP contribution in [-0.4, -0.2) is 28.4 Å². The normalized spacial score (nSPS) is 11.5. The van der Waals surface area contributed by atoms with E-state index in [4.69, 9.17) is 12.8 Å². The molecular weight excluding hydrogens is 218 g/mol. The first kappa shape index (κ1) is 12.9. The van der Waals surface area contributed by atoms with Crippen LogP contribution >= 0.6 is 0 Å². The van der Waals surface area contributed by atoms with Crippen LogP contribution in [0, 0.1) is 24.7 Å². The van der Waals surface area contributed by atoms with E-state index in [1.165, 1.54) is 12.1 Å². The third-order valence-corrected chi connectivity index (χ3v) is 2.23. The van der Waals surface area contributed by atoms with Gasteiger partial charge >= 0.3 is 0 Å². The minimum atomic E-state index is -0.902. The van der Waals surface area contributed by atoms with Crippen molar-refractivity contribution in [1.29, 1.82) is 0 Å². The second-order valence-electron chi connectivity index (χ2n) is 3.42. The van der Waals surface area contributed by atoms with Crippen molar-refractivity contribution < 1.29 is 15.3 Å². The second kappa shape index (κ2) is 5.81. The lowest BCUT2D eigenvalue weighted by Gasteiger charge is -2.14. The molecule has 4 N–H and O–H groups in total.